The van der Waals surface area contributed by atoms with Gasteiger partial charge in [-0.3, -0.25) is 4.79 Å². The summed E-state index contributed by atoms with van der Waals surface area (Å²) >= 11 is 5.51. The molecule has 18 heavy (non-hydrogen) atoms. The number of rotatable bonds is 4. The fourth-order valence-corrected chi connectivity index (χ4v) is 1.22. The van der Waals surface area contributed by atoms with Gasteiger partial charge in [0.1, 0.15) is 5.75 Å². The van der Waals surface area contributed by atoms with Crippen LogP contribution in [0.25, 0.3) is 0 Å². The van der Waals surface area contributed by atoms with Crippen molar-refractivity contribution >= 4 is 23.2 Å². The number of anilines is 1. The summed E-state index contributed by atoms with van der Waals surface area (Å²) in [5, 5.41) is 2.52. The van der Waals surface area contributed by atoms with Gasteiger partial charge in [-0.05, 0) is 24.3 Å². The number of alkyl halides is 4. The standard InChI is InChI=1S/C11H11ClF3NO2/c1-7(6-12)10(17)16-8-2-4-9(5-3-8)18-11(13,14)15/h2-5,7H,6H2,1H3,(H,16,17). The lowest BCUT2D eigenvalue weighted by Gasteiger charge is -2.11. The lowest BCUT2D eigenvalue weighted by Crippen LogP contribution is -2.21. The monoisotopic (exact) mass is 281 g/mol. The van der Waals surface area contributed by atoms with E-state index in [1.165, 1.54) is 12.1 Å². The molecular weight excluding hydrogens is 271 g/mol. The van der Waals surface area contributed by atoms with E-state index in [1.807, 2.05) is 0 Å². The van der Waals surface area contributed by atoms with Crippen LogP contribution >= 0.6 is 11.6 Å². The molecule has 0 bridgehead atoms. The Morgan fingerprint density at radius 3 is 2.39 bits per heavy atom. The number of benzene rings is 1. The van der Waals surface area contributed by atoms with Gasteiger partial charge in [-0.25, -0.2) is 0 Å². The minimum Gasteiger partial charge on any atom is -0.406 e. The summed E-state index contributed by atoms with van der Waals surface area (Å²) in [6.07, 6.45) is -4.72. The molecular formula is C11H11ClF3NO2. The van der Waals surface area contributed by atoms with Crippen LogP contribution in [-0.2, 0) is 4.79 Å². The maximum Gasteiger partial charge on any atom is 0.573 e. The topological polar surface area (TPSA) is 38.3 Å². The highest BCUT2D eigenvalue weighted by Crippen LogP contribution is 2.24. The van der Waals surface area contributed by atoms with Gasteiger partial charge in [0.05, 0.1) is 0 Å². The van der Waals surface area contributed by atoms with Gasteiger partial charge < -0.3 is 10.1 Å². The Balaban J connectivity index is 2.63. The number of amides is 1. The van der Waals surface area contributed by atoms with Crippen molar-refractivity contribution in [2.45, 2.75) is 13.3 Å². The van der Waals surface area contributed by atoms with Crippen LogP contribution in [0.2, 0.25) is 0 Å². The number of carbonyl (C=O) groups excluding carboxylic acids is 1. The van der Waals surface area contributed by atoms with E-state index in [0.29, 0.717) is 5.69 Å². The van der Waals surface area contributed by atoms with Crippen LogP contribution in [0.15, 0.2) is 24.3 Å². The van der Waals surface area contributed by atoms with Gasteiger partial charge in [-0.1, -0.05) is 6.92 Å². The van der Waals surface area contributed by atoms with Crippen molar-refractivity contribution in [3.63, 3.8) is 0 Å². The van der Waals surface area contributed by atoms with Crippen molar-refractivity contribution < 1.29 is 22.7 Å². The summed E-state index contributed by atoms with van der Waals surface area (Å²) in [4.78, 5) is 11.5. The Morgan fingerprint density at radius 1 is 1.39 bits per heavy atom. The molecule has 0 aliphatic rings. The molecule has 1 rings (SSSR count). The van der Waals surface area contributed by atoms with E-state index >= 15 is 0 Å². The summed E-state index contributed by atoms with van der Waals surface area (Å²) in [5.74, 6) is -0.848. The molecule has 0 saturated carbocycles. The highest BCUT2D eigenvalue weighted by Gasteiger charge is 2.30. The quantitative estimate of drug-likeness (QED) is 0.859. The molecule has 1 N–H and O–H groups in total. The van der Waals surface area contributed by atoms with Gasteiger partial charge in [0.2, 0.25) is 5.91 Å². The fraction of sp³-hybridized carbons (Fsp3) is 0.364. The van der Waals surface area contributed by atoms with Crippen molar-refractivity contribution in [1.29, 1.82) is 0 Å². The van der Waals surface area contributed by atoms with E-state index in [1.54, 1.807) is 6.92 Å². The molecule has 0 spiro atoms. The Bertz CT molecular complexity index is 406. The molecule has 1 aromatic rings. The van der Waals surface area contributed by atoms with Gasteiger partial charge in [-0.15, -0.1) is 24.8 Å². The largest absolute Gasteiger partial charge is 0.573 e. The molecule has 1 atom stereocenters. The third kappa shape index (κ3) is 4.83. The number of carbonyl (C=O) groups is 1. The lowest BCUT2D eigenvalue weighted by atomic mass is 10.2. The van der Waals surface area contributed by atoms with Crippen molar-refractivity contribution in [3.05, 3.63) is 24.3 Å². The molecule has 0 saturated heterocycles. The molecule has 0 heterocycles. The van der Waals surface area contributed by atoms with Gasteiger partial charge in [0, 0.05) is 17.5 Å². The maximum absolute atomic E-state index is 11.9. The lowest BCUT2D eigenvalue weighted by molar-refractivity contribution is -0.274. The molecule has 1 aromatic carbocycles. The van der Waals surface area contributed by atoms with E-state index in [0.717, 1.165) is 12.1 Å². The second kappa shape index (κ2) is 5.95. The van der Waals surface area contributed by atoms with Gasteiger partial charge in [-0.2, -0.15) is 0 Å². The molecule has 0 aliphatic heterocycles. The van der Waals surface area contributed by atoms with Crippen LogP contribution in [0.4, 0.5) is 18.9 Å². The first kappa shape index (κ1) is 14.6. The first-order chi connectivity index (χ1) is 8.31. The zero-order chi connectivity index (χ0) is 13.8. The molecule has 1 amide bonds. The van der Waals surface area contributed by atoms with E-state index in [2.05, 4.69) is 10.1 Å². The fourth-order valence-electron chi connectivity index (χ4n) is 1.08. The van der Waals surface area contributed by atoms with Gasteiger partial charge in [0.25, 0.3) is 0 Å². The second-order valence-corrected chi connectivity index (χ2v) is 3.93. The van der Waals surface area contributed by atoms with Crippen LogP contribution in [0, 0.1) is 5.92 Å². The van der Waals surface area contributed by atoms with Crippen LogP contribution in [0.3, 0.4) is 0 Å². The molecule has 100 valence electrons. The second-order valence-electron chi connectivity index (χ2n) is 3.62. The van der Waals surface area contributed by atoms with Crippen molar-refractivity contribution in [2.75, 3.05) is 11.2 Å². The summed E-state index contributed by atoms with van der Waals surface area (Å²) in [6, 6.07) is 4.88. The Morgan fingerprint density at radius 2 is 1.94 bits per heavy atom. The number of nitrogens with one attached hydrogen (secondary N) is 1. The number of halogens is 4. The molecule has 3 nitrogen and oxygen atoms in total. The van der Waals surface area contributed by atoms with Gasteiger partial charge >= 0.3 is 6.36 Å². The molecule has 0 fully saturated rings. The van der Waals surface area contributed by atoms with Crippen LogP contribution in [0.5, 0.6) is 5.75 Å². The number of hydrogen-bond acceptors (Lipinski definition) is 2. The molecule has 0 aromatic heterocycles. The van der Waals surface area contributed by atoms with Crippen LogP contribution in [-0.4, -0.2) is 18.1 Å². The molecule has 7 heteroatoms. The Hall–Kier alpha value is -1.43. The molecule has 0 radical (unpaired) electrons. The number of ether oxygens (including phenoxy) is 1. The minimum absolute atomic E-state index is 0.168. The Labute approximate surface area is 107 Å². The van der Waals surface area contributed by atoms with Crippen LogP contribution in [0.1, 0.15) is 6.92 Å². The average Bonchev–Trinajstić information content (AvgIpc) is 2.28. The van der Waals surface area contributed by atoms with Crippen molar-refractivity contribution in [3.8, 4) is 5.75 Å². The normalized spacial score (nSPS) is 12.9. The summed E-state index contributed by atoms with van der Waals surface area (Å²) in [6.45, 7) is 1.64. The van der Waals surface area contributed by atoms with Crippen molar-refractivity contribution in [1.82, 2.24) is 0 Å². The minimum atomic E-state index is -4.72. The highest BCUT2D eigenvalue weighted by molar-refractivity contribution is 6.19. The number of hydrogen-bond donors (Lipinski definition) is 1. The Kier molecular flexibility index (Phi) is 4.84. The van der Waals surface area contributed by atoms with E-state index < -0.39 is 6.36 Å². The molecule has 1 unspecified atom stereocenters. The zero-order valence-electron chi connectivity index (χ0n) is 9.42. The molecule has 0 aliphatic carbocycles. The average molecular weight is 282 g/mol. The predicted molar refractivity (Wildman–Crippen MR) is 61.6 cm³/mol. The summed E-state index contributed by atoms with van der Waals surface area (Å²) in [5.41, 5.74) is 0.381. The van der Waals surface area contributed by atoms with E-state index in [4.69, 9.17) is 11.6 Å². The van der Waals surface area contributed by atoms with E-state index in [9.17, 15) is 18.0 Å². The maximum atomic E-state index is 11.9. The third-order valence-electron chi connectivity index (χ3n) is 2.03. The smallest absolute Gasteiger partial charge is 0.406 e. The third-order valence-corrected chi connectivity index (χ3v) is 2.50. The predicted octanol–water partition coefficient (Wildman–Crippen LogP) is 3.40. The summed E-state index contributed by atoms with van der Waals surface area (Å²) < 4.78 is 39.4. The van der Waals surface area contributed by atoms with Crippen LogP contribution < -0.4 is 10.1 Å². The summed E-state index contributed by atoms with van der Waals surface area (Å²) in [7, 11) is 0. The first-order valence-electron chi connectivity index (χ1n) is 5.04. The van der Waals surface area contributed by atoms with Crippen molar-refractivity contribution in [2.24, 2.45) is 5.92 Å². The van der Waals surface area contributed by atoms with E-state index in [-0.39, 0.29) is 23.5 Å². The zero-order valence-corrected chi connectivity index (χ0v) is 10.2. The highest BCUT2D eigenvalue weighted by atomic mass is 35.5. The van der Waals surface area contributed by atoms with Gasteiger partial charge in [0.15, 0.2) is 0 Å². The SMILES string of the molecule is CC(CCl)C(=O)Nc1ccc(OC(F)(F)F)cc1. The first-order valence-corrected chi connectivity index (χ1v) is 5.58.